The van der Waals surface area contributed by atoms with E-state index >= 15 is 0 Å². The van der Waals surface area contributed by atoms with E-state index in [4.69, 9.17) is 4.74 Å². The van der Waals surface area contributed by atoms with Crippen molar-refractivity contribution in [3.63, 3.8) is 0 Å². The summed E-state index contributed by atoms with van der Waals surface area (Å²) in [7, 11) is 1.23. The second kappa shape index (κ2) is 7.81. The van der Waals surface area contributed by atoms with Crippen LogP contribution in [0.15, 0.2) is 59.4 Å². The van der Waals surface area contributed by atoms with E-state index in [-0.39, 0.29) is 16.1 Å². The maximum Gasteiger partial charge on any atom is 0.350 e. The van der Waals surface area contributed by atoms with E-state index in [1.165, 1.54) is 25.5 Å². The Labute approximate surface area is 181 Å². The SMILES string of the molecule is COC(=O)c1sc2c(c1N(C(C)=O)C(C)=O)c1ccccc1c(=O)n2-c1ccccc1. The second-order valence-corrected chi connectivity index (χ2v) is 7.85. The van der Waals surface area contributed by atoms with E-state index in [0.29, 0.717) is 26.7 Å². The second-order valence-electron chi connectivity index (χ2n) is 6.85. The first-order chi connectivity index (χ1) is 14.9. The van der Waals surface area contributed by atoms with Crippen molar-refractivity contribution in [1.29, 1.82) is 0 Å². The topological polar surface area (TPSA) is 85.7 Å². The van der Waals surface area contributed by atoms with Crippen LogP contribution in [0, 0.1) is 0 Å². The first-order valence-corrected chi connectivity index (χ1v) is 10.2. The summed E-state index contributed by atoms with van der Waals surface area (Å²) >= 11 is 1.01. The van der Waals surface area contributed by atoms with Gasteiger partial charge in [-0.1, -0.05) is 36.4 Å². The summed E-state index contributed by atoms with van der Waals surface area (Å²) in [5, 5.41) is 1.42. The molecule has 2 aromatic heterocycles. The molecule has 4 aromatic rings. The number of carbonyl (C=O) groups excluding carboxylic acids is 3. The maximum absolute atomic E-state index is 13.4. The minimum Gasteiger partial charge on any atom is -0.465 e. The van der Waals surface area contributed by atoms with Gasteiger partial charge < -0.3 is 4.74 Å². The molecule has 0 radical (unpaired) electrons. The van der Waals surface area contributed by atoms with Crippen molar-refractivity contribution in [2.45, 2.75) is 13.8 Å². The highest BCUT2D eigenvalue weighted by Gasteiger charge is 2.31. The van der Waals surface area contributed by atoms with Crippen molar-refractivity contribution in [1.82, 2.24) is 4.57 Å². The summed E-state index contributed by atoms with van der Waals surface area (Å²) in [5.74, 6) is -1.78. The van der Waals surface area contributed by atoms with Gasteiger partial charge in [-0.05, 0) is 23.6 Å². The third-order valence-corrected chi connectivity index (χ3v) is 6.08. The highest BCUT2D eigenvalue weighted by molar-refractivity contribution is 7.21. The van der Waals surface area contributed by atoms with Crippen LogP contribution in [0.25, 0.3) is 26.7 Å². The molecule has 0 aliphatic rings. The van der Waals surface area contributed by atoms with Crippen LogP contribution in [0.3, 0.4) is 0 Å². The number of methoxy groups -OCH3 is 1. The van der Waals surface area contributed by atoms with E-state index in [1.54, 1.807) is 48.5 Å². The lowest BCUT2D eigenvalue weighted by atomic mass is 10.1. The van der Waals surface area contributed by atoms with Crippen molar-refractivity contribution in [2.75, 3.05) is 12.0 Å². The first-order valence-electron chi connectivity index (χ1n) is 9.42. The van der Waals surface area contributed by atoms with E-state index in [2.05, 4.69) is 0 Å². The Bertz CT molecular complexity index is 1400. The lowest BCUT2D eigenvalue weighted by Gasteiger charge is -2.19. The van der Waals surface area contributed by atoms with Crippen molar-refractivity contribution >= 4 is 55.8 Å². The number of thiophene rings is 1. The van der Waals surface area contributed by atoms with Crippen LogP contribution in [-0.2, 0) is 14.3 Å². The number of hydrogen-bond donors (Lipinski definition) is 0. The molecule has 0 saturated heterocycles. The van der Waals surface area contributed by atoms with E-state index in [9.17, 15) is 19.2 Å². The Balaban J connectivity index is 2.31. The number of ether oxygens (including phenoxy) is 1. The molecular weight excluding hydrogens is 416 g/mol. The summed E-state index contributed by atoms with van der Waals surface area (Å²) in [6.07, 6.45) is 0. The Hall–Kier alpha value is -3.78. The summed E-state index contributed by atoms with van der Waals surface area (Å²) in [6, 6.07) is 15.9. The number of anilines is 1. The molecule has 2 heterocycles. The number of esters is 1. The van der Waals surface area contributed by atoms with Crippen LogP contribution < -0.4 is 10.5 Å². The predicted molar refractivity (Wildman–Crippen MR) is 120 cm³/mol. The van der Waals surface area contributed by atoms with Crippen molar-refractivity contribution < 1.29 is 19.1 Å². The van der Waals surface area contributed by atoms with Crippen LogP contribution in [-0.4, -0.2) is 29.5 Å². The highest BCUT2D eigenvalue weighted by Crippen LogP contribution is 2.42. The summed E-state index contributed by atoms with van der Waals surface area (Å²) in [5.41, 5.74) is 0.466. The minimum atomic E-state index is -0.695. The molecule has 0 saturated carbocycles. The largest absolute Gasteiger partial charge is 0.465 e. The van der Waals surface area contributed by atoms with Gasteiger partial charge in [0.15, 0.2) is 0 Å². The number of carbonyl (C=O) groups is 3. The summed E-state index contributed by atoms with van der Waals surface area (Å²) < 4.78 is 6.44. The van der Waals surface area contributed by atoms with E-state index in [1.807, 2.05) is 6.07 Å². The van der Waals surface area contributed by atoms with Gasteiger partial charge in [0.1, 0.15) is 9.71 Å². The van der Waals surface area contributed by atoms with Crippen LogP contribution >= 0.6 is 11.3 Å². The normalized spacial score (nSPS) is 10.9. The molecule has 0 aliphatic heterocycles. The Morgan fingerprint density at radius 3 is 2.06 bits per heavy atom. The number of amides is 2. The number of benzene rings is 2. The number of hydrogen-bond acceptors (Lipinski definition) is 6. The van der Waals surface area contributed by atoms with E-state index < -0.39 is 17.8 Å². The molecule has 2 aromatic carbocycles. The van der Waals surface area contributed by atoms with Gasteiger partial charge in [-0.2, -0.15) is 0 Å². The average Bonchev–Trinajstić information content (AvgIpc) is 3.13. The van der Waals surface area contributed by atoms with Crippen LogP contribution in [0.4, 0.5) is 5.69 Å². The molecule has 0 bridgehead atoms. The molecule has 7 nitrogen and oxygen atoms in total. The van der Waals surface area contributed by atoms with Gasteiger partial charge in [-0.3, -0.25) is 19.0 Å². The first kappa shape index (κ1) is 20.5. The molecule has 4 rings (SSSR count). The molecule has 0 atom stereocenters. The summed E-state index contributed by atoms with van der Waals surface area (Å²) in [6.45, 7) is 2.50. The Morgan fingerprint density at radius 1 is 0.903 bits per heavy atom. The van der Waals surface area contributed by atoms with Gasteiger partial charge in [0.25, 0.3) is 5.56 Å². The fourth-order valence-corrected chi connectivity index (χ4v) is 4.94. The van der Waals surface area contributed by atoms with Crippen molar-refractivity contribution in [2.24, 2.45) is 0 Å². The zero-order chi connectivity index (χ0) is 22.3. The smallest absolute Gasteiger partial charge is 0.350 e. The van der Waals surface area contributed by atoms with Crippen LogP contribution in [0.2, 0.25) is 0 Å². The van der Waals surface area contributed by atoms with Crippen molar-refractivity contribution in [3.05, 3.63) is 69.8 Å². The molecule has 31 heavy (non-hydrogen) atoms. The fraction of sp³-hybridized carbons (Fsp3) is 0.130. The lowest BCUT2D eigenvalue weighted by molar-refractivity contribution is -0.124. The zero-order valence-corrected chi connectivity index (χ0v) is 17.9. The van der Waals surface area contributed by atoms with Gasteiger partial charge >= 0.3 is 5.97 Å². The number of pyridine rings is 1. The summed E-state index contributed by atoms with van der Waals surface area (Å²) in [4.78, 5) is 52.5. The molecule has 156 valence electrons. The third-order valence-electron chi connectivity index (χ3n) is 4.94. The van der Waals surface area contributed by atoms with Crippen molar-refractivity contribution in [3.8, 4) is 5.69 Å². The molecule has 8 heteroatoms. The maximum atomic E-state index is 13.4. The molecule has 2 amide bonds. The van der Waals surface area contributed by atoms with Gasteiger partial charge in [0.05, 0.1) is 18.5 Å². The van der Waals surface area contributed by atoms with Gasteiger partial charge in [-0.25, -0.2) is 9.69 Å². The number of para-hydroxylation sites is 1. The van der Waals surface area contributed by atoms with Gasteiger partial charge in [0, 0.05) is 24.6 Å². The quantitative estimate of drug-likeness (QED) is 0.457. The van der Waals surface area contributed by atoms with Crippen LogP contribution in [0.1, 0.15) is 23.5 Å². The lowest BCUT2D eigenvalue weighted by Crippen LogP contribution is -2.34. The van der Waals surface area contributed by atoms with E-state index in [0.717, 1.165) is 16.2 Å². The molecule has 0 aliphatic carbocycles. The molecule has 0 unspecified atom stereocenters. The third kappa shape index (κ3) is 3.21. The number of imide groups is 1. The predicted octanol–water partition coefficient (Wildman–Crippen LogP) is 3.89. The molecule has 0 spiro atoms. The monoisotopic (exact) mass is 434 g/mol. The molecule has 0 fully saturated rings. The number of aromatic nitrogens is 1. The minimum absolute atomic E-state index is 0.0725. The molecule has 0 N–H and O–H groups in total. The molecular formula is C23H18N2O5S. The fourth-order valence-electron chi connectivity index (χ4n) is 3.70. The Kier molecular flexibility index (Phi) is 5.16. The highest BCUT2D eigenvalue weighted by atomic mass is 32.1. The number of rotatable bonds is 3. The number of fused-ring (bicyclic) bond motifs is 3. The zero-order valence-electron chi connectivity index (χ0n) is 17.0. The van der Waals surface area contributed by atoms with Gasteiger partial charge in [-0.15, -0.1) is 11.3 Å². The van der Waals surface area contributed by atoms with Crippen LogP contribution in [0.5, 0.6) is 0 Å². The average molecular weight is 434 g/mol. The Morgan fingerprint density at radius 2 is 1.48 bits per heavy atom. The van der Waals surface area contributed by atoms with Gasteiger partial charge in [0.2, 0.25) is 11.8 Å². The number of nitrogens with zero attached hydrogens (tertiary/aromatic N) is 2. The standard InChI is InChI=1S/C23H18N2O5S/c1-13(26)24(14(2)27)19-18-16-11-7-8-12-17(16)21(28)25(15-9-5-4-6-10-15)22(18)31-20(19)23(29)30-3/h4-12H,1-3H3.